The highest BCUT2D eigenvalue weighted by Gasteiger charge is 2.04. The fraction of sp³-hybridized carbons (Fsp3) is 0. The van der Waals surface area contributed by atoms with E-state index in [1.165, 1.54) is 10.8 Å². The molecule has 0 saturated carbocycles. The molecule has 0 spiro atoms. The number of aromatic amines is 1. The second-order valence-corrected chi connectivity index (χ2v) is 2.91. The Morgan fingerprint density at radius 2 is 2.20 bits per heavy atom. The quantitative estimate of drug-likeness (QED) is 0.655. The summed E-state index contributed by atoms with van der Waals surface area (Å²) in [4.78, 5) is 28.4. The number of pyridine rings is 1. The summed E-state index contributed by atoms with van der Waals surface area (Å²) in [6, 6.07) is 4.49. The molecule has 0 atom stereocenters. The Labute approximate surface area is 84.0 Å². The topological polar surface area (TPSA) is 93.8 Å². The van der Waals surface area contributed by atoms with Crippen molar-refractivity contribution in [1.29, 1.82) is 0 Å². The Balaban J connectivity index is 2.75. The van der Waals surface area contributed by atoms with E-state index in [1.807, 2.05) is 0 Å². The van der Waals surface area contributed by atoms with Gasteiger partial charge in [-0.25, -0.2) is 9.36 Å². The molecular formula is C9H8N4O2. The number of hydrogen-bond acceptors (Lipinski definition) is 4. The third-order valence-corrected chi connectivity index (χ3v) is 1.87. The Morgan fingerprint density at radius 3 is 2.80 bits per heavy atom. The highest BCUT2D eigenvalue weighted by Crippen LogP contribution is 2.05. The summed E-state index contributed by atoms with van der Waals surface area (Å²) >= 11 is 0. The molecule has 0 saturated heterocycles. The van der Waals surface area contributed by atoms with Crippen LogP contribution in [0.2, 0.25) is 0 Å². The maximum atomic E-state index is 11.5. The normalized spacial score (nSPS) is 10.1. The third kappa shape index (κ3) is 1.64. The molecule has 6 heteroatoms. The molecule has 3 N–H and O–H groups in total. The van der Waals surface area contributed by atoms with Crippen LogP contribution in [0.25, 0.3) is 5.69 Å². The van der Waals surface area contributed by atoms with E-state index in [4.69, 9.17) is 5.73 Å². The van der Waals surface area contributed by atoms with Gasteiger partial charge in [-0.15, -0.1) is 0 Å². The van der Waals surface area contributed by atoms with Gasteiger partial charge in [-0.05, 0) is 12.1 Å². The minimum Gasteiger partial charge on any atom is -0.385 e. The molecule has 0 aliphatic heterocycles. The zero-order valence-corrected chi connectivity index (χ0v) is 7.68. The predicted octanol–water partition coefficient (Wildman–Crippen LogP) is -0.497. The largest absolute Gasteiger partial charge is 0.385 e. The van der Waals surface area contributed by atoms with E-state index in [0.29, 0.717) is 5.69 Å². The first kappa shape index (κ1) is 9.20. The third-order valence-electron chi connectivity index (χ3n) is 1.87. The minimum atomic E-state index is -0.576. The highest BCUT2D eigenvalue weighted by atomic mass is 16.2. The van der Waals surface area contributed by atoms with Gasteiger partial charge in [0.05, 0.1) is 11.9 Å². The van der Waals surface area contributed by atoms with Crippen molar-refractivity contribution in [3.63, 3.8) is 0 Å². The minimum absolute atomic E-state index is 0.0803. The van der Waals surface area contributed by atoms with Crippen molar-refractivity contribution in [3.8, 4) is 5.69 Å². The van der Waals surface area contributed by atoms with Crippen LogP contribution in [0.15, 0.2) is 40.2 Å². The molecule has 0 aromatic carbocycles. The summed E-state index contributed by atoms with van der Waals surface area (Å²) < 4.78 is 1.17. The maximum absolute atomic E-state index is 11.5. The Hall–Kier alpha value is -2.37. The van der Waals surface area contributed by atoms with Crippen LogP contribution in [0.4, 0.5) is 5.82 Å². The molecule has 15 heavy (non-hydrogen) atoms. The van der Waals surface area contributed by atoms with Gasteiger partial charge in [0.2, 0.25) is 0 Å². The first-order valence-corrected chi connectivity index (χ1v) is 4.21. The van der Waals surface area contributed by atoms with Gasteiger partial charge in [-0.3, -0.25) is 14.8 Å². The number of aromatic nitrogens is 3. The van der Waals surface area contributed by atoms with Crippen LogP contribution >= 0.6 is 0 Å². The van der Waals surface area contributed by atoms with Crippen molar-refractivity contribution >= 4 is 5.82 Å². The number of rotatable bonds is 1. The average molecular weight is 204 g/mol. The predicted molar refractivity (Wildman–Crippen MR) is 54.9 cm³/mol. The Bertz CT molecular complexity index is 585. The lowest BCUT2D eigenvalue weighted by molar-refractivity contribution is 0.903. The van der Waals surface area contributed by atoms with Gasteiger partial charge in [-0.2, -0.15) is 0 Å². The van der Waals surface area contributed by atoms with Gasteiger partial charge < -0.3 is 5.73 Å². The fourth-order valence-electron chi connectivity index (χ4n) is 1.27. The highest BCUT2D eigenvalue weighted by molar-refractivity contribution is 5.39. The van der Waals surface area contributed by atoms with Crippen molar-refractivity contribution in [1.82, 2.24) is 14.5 Å². The zero-order chi connectivity index (χ0) is 10.8. The molecule has 0 aliphatic carbocycles. The number of nitrogens with zero attached hydrogens (tertiary/aromatic N) is 2. The van der Waals surface area contributed by atoms with Crippen molar-refractivity contribution in [2.45, 2.75) is 0 Å². The van der Waals surface area contributed by atoms with Crippen LogP contribution < -0.4 is 17.0 Å². The fourth-order valence-corrected chi connectivity index (χ4v) is 1.27. The zero-order valence-electron chi connectivity index (χ0n) is 7.68. The molecule has 6 nitrogen and oxygen atoms in total. The van der Waals surface area contributed by atoms with Crippen LogP contribution in [0.3, 0.4) is 0 Å². The molecule has 0 radical (unpaired) electrons. The van der Waals surface area contributed by atoms with Crippen molar-refractivity contribution in [2.24, 2.45) is 0 Å². The van der Waals surface area contributed by atoms with E-state index in [-0.39, 0.29) is 5.82 Å². The van der Waals surface area contributed by atoms with E-state index in [9.17, 15) is 9.59 Å². The molecule has 2 aromatic heterocycles. The molecular weight excluding hydrogens is 196 g/mol. The Morgan fingerprint density at radius 1 is 1.40 bits per heavy atom. The molecule has 0 bridgehead atoms. The van der Waals surface area contributed by atoms with E-state index in [2.05, 4.69) is 9.97 Å². The SMILES string of the molecule is Nc1cc(=O)[nH]c(=O)n1-c1cccnc1. The second kappa shape index (κ2) is 3.41. The van der Waals surface area contributed by atoms with E-state index in [0.717, 1.165) is 6.07 Å². The summed E-state index contributed by atoms with van der Waals surface area (Å²) in [7, 11) is 0. The van der Waals surface area contributed by atoms with Crippen LogP contribution in [0, 0.1) is 0 Å². The van der Waals surface area contributed by atoms with E-state index < -0.39 is 11.2 Å². The maximum Gasteiger partial charge on any atom is 0.334 e. The lowest BCUT2D eigenvalue weighted by Gasteiger charge is -2.06. The number of nitrogens with two attached hydrogens (primary N) is 1. The molecule has 76 valence electrons. The van der Waals surface area contributed by atoms with Crippen LogP contribution in [-0.4, -0.2) is 14.5 Å². The van der Waals surface area contributed by atoms with E-state index in [1.54, 1.807) is 18.3 Å². The molecule has 2 aromatic rings. The summed E-state index contributed by atoms with van der Waals surface area (Å²) in [6.45, 7) is 0. The van der Waals surface area contributed by atoms with Crippen LogP contribution in [-0.2, 0) is 0 Å². The molecule has 2 heterocycles. The molecule has 2 rings (SSSR count). The summed E-state index contributed by atoms with van der Waals surface area (Å²) in [5.74, 6) is 0.0803. The smallest absolute Gasteiger partial charge is 0.334 e. The molecule has 0 aliphatic rings. The number of H-pyrrole nitrogens is 1. The summed E-state index contributed by atoms with van der Waals surface area (Å²) in [5, 5.41) is 0. The monoisotopic (exact) mass is 204 g/mol. The number of nitrogens with one attached hydrogen (secondary N) is 1. The first-order chi connectivity index (χ1) is 7.18. The van der Waals surface area contributed by atoms with E-state index >= 15 is 0 Å². The standard InChI is InChI=1S/C9H8N4O2/c10-7-4-8(14)12-9(15)13(7)6-2-1-3-11-5-6/h1-5H,10H2,(H,12,14,15). The molecule has 0 unspecified atom stereocenters. The van der Waals surface area contributed by atoms with Gasteiger partial charge in [0.15, 0.2) is 0 Å². The number of anilines is 1. The summed E-state index contributed by atoms with van der Waals surface area (Å²) in [6.07, 6.45) is 3.06. The van der Waals surface area contributed by atoms with Gasteiger partial charge in [0.1, 0.15) is 5.82 Å². The van der Waals surface area contributed by atoms with Gasteiger partial charge in [-0.1, -0.05) is 0 Å². The van der Waals surface area contributed by atoms with Gasteiger partial charge in [0, 0.05) is 12.3 Å². The first-order valence-electron chi connectivity index (χ1n) is 4.21. The molecule has 0 amide bonds. The Kier molecular flexibility index (Phi) is 2.09. The van der Waals surface area contributed by atoms with Crippen LogP contribution in [0.5, 0.6) is 0 Å². The number of hydrogen-bond donors (Lipinski definition) is 2. The average Bonchev–Trinajstić information content (AvgIpc) is 2.17. The molecule has 0 fully saturated rings. The van der Waals surface area contributed by atoms with Gasteiger partial charge in [0.25, 0.3) is 5.56 Å². The van der Waals surface area contributed by atoms with Crippen LogP contribution in [0.1, 0.15) is 0 Å². The van der Waals surface area contributed by atoms with Gasteiger partial charge >= 0.3 is 5.69 Å². The lowest BCUT2D eigenvalue weighted by Crippen LogP contribution is -2.30. The lowest BCUT2D eigenvalue weighted by atomic mass is 10.4. The second-order valence-electron chi connectivity index (χ2n) is 2.91. The van der Waals surface area contributed by atoms with Crippen molar-refractivity contribution in [3.05, 3.63) is 51.4 Å². The number of nitrogen functional groups attached to an aromatic ring is 1. The van der Waals surface area contributed by atoms with Crippen molar-refractivity contribution < 1.29 is 0 Å². The summed E-state index contributed by atoms with van der Waals surface area (Å²) in [5.41, 5.74) is 4.99. The van der Waals surface area contributed by atoms with Crippen molar-refractivity contribution in [2.75, 3.05) is 5.73 Å².